The van der Waals surface area contributed by atoms with Crippen LogP contribution in [0.25, 0.3) is 0 Å². The van der Waals surface area contributed by atoms with Crippen molar-refractivity contribution in [2.24, 2.45) is 4.99 Å². The first-order chi connectivity index (χ1) is 15.5. The van der Waals surface area contributed by atoms with E-state index in [1.165, 1.54) is 6.07 Å². The molecule has 0 bridgehead atoms. The van der Waals surface area contributed by atoms with Crippen molar-refractivity contribution in [1.29, 1.82) is 0 Å². The molecule has 10 heteroatoms. The minimum atomic E-state index is -0.460. The normalized spacial score (nSPS) is 14.5. The van der Waals surface area contributed by atoms with Gasteiger partial charge < -0.3 is 24.4 Å². The van der Waals surface area contributed by atoms with Crippen LogP contribution in [0.15, 0.2) is 35.3 Å². The molecule has 182 valence electrons. The van der Waals surface area contributed by atoms with Gasteiger partial charge in [0, 0.05) is 51.9 Å². The van der Waals surface area contributed by atoms with Gasteiger partial charge in [0.25, 0.3) is 0 Å². The first-order valence-electron chi connectivity index (χ1n) is 10.4. The third kappa shape index (κ3) is 6.83. The summed E-state index contributed by atoms with van der Waals surface area (Å²) in [5.74, 6) is 1.61. The maximum atomic E-state index is 13.9. The predicted octanol–water partition coefficient (Wildman–Crippen LogP) is 3.50. The van der Waals surface area contributed by atoms with Crippen LogP contribution < -0.4 is 19.5 Å². The number of guanidine groups is 1. The van der Waals surface area contributed by atoms with Gasteiger partial charge in [0.05, 0.1) is 21.3 Å². The fraction of sp³-hybridized carbons (Fsp3) is 0.435. The summed E-state index contributed by atoms with van der Waals surface area (Å²) in [5.41, 5.74) is 1.34. The number of ether oxygens (including phenoxy) is 3. The van der Waals surface area contributed by atoms with Crippen molar-refractivity contribution in [3.05, 3.63) is 53.1 Å². The maximum Gasteiger partial charge on any atom is 0.203 e. The van der Waals surface area contributed by atoms with Crippen molar-refractivity contribution in [3.63, 3.8) is 0 Å². The van der Waals surface area contributed by atoms with E-state index in [9.17, 15) is 8.78 Å². The SMILES string of the molecule is CN=C(NCc1cc(F)ccc1F)N1CCN(Cc2cc(OC)c(OC)c(OC)c2)CC1.I. The molecule has 1 heterocycles. The lowest BCUT2D eigenvalue weighted by Crippen LogP contribution is -2.52. The smallest absolute Gasteiger partial charge is 0.203 e. The molecule has 0 aliphatic carbocycles. The van der Waals surface area contributed by atoms with E-state index in [1.54, 1.807) is 28.4 Å². The molecule has 2 aromatic carbocycles. The van der Waals surface area contributed by atoms with Crippen LogP contribution in [0.5, 0.6) is 17.2 Å². The molecule has 1 aliphatic heterocycles. The molecule has 0 aromatic heterocycles. The molecule has 0 spiro atoms. The van der Waals surface area contributed by atoms with E-state index in [0.29, 0.717) is 23.2 Å². The van der Waals surface area contributed by atoms with Crippen LogP contribution in [-0.2, 0) is 13.1 Å². The van der Waals surface area contributed by atoms with Gasteiger partial charge in [-0.2, -0.15) is 0 Å². The first kappa shape index (κ1) is 26.9. The minimum absolute atomic E-state index is 0. The molecular weight excluding hydrogens is 545 g/mol. The molecule has 33 heavy (non-hydrogen) atoms. The lowest BCUT2D eigenvalue weighted by atomic mass is 10.1. The Kier molecular flexibility index (Phi) is 10.4. The zero-order chi connectivity index (χ0) is 23.1. The Morgan fingerprint density at radius 1 is 0.970 bits per heavy atom. The molecule has 0 atom stereocenters. The molecule has 7 nitrogen and oxygen atoms in total. The highest BCUT2D eigenvalue weighted by Gasteiger charge is 2.21. The summed E-state index contributed by atoms with van der Waals surface area (Å²) in [7, 11) is 6.48. The molecule has 1 aliphatic rings. The number of piperazine rings is 1. The average Bonchev–Trinajstić information content (AvgIpc) is 2.81. The third-order valence-corrected chi connectivity index (χ3v) is 5.46. The van der Waals surface area contributed by atoms with Gasteiger partial charge in [-0.3, -0.25) is 9.89 Å². The van der Waals surface area contributed by atoms with Gasteiger partial charge in [0.2, 0.25) is 5.75 Å². The van der Waals surface area contributed by atoms with Crippen LogP contribution in [-0.4, -0.2) is 70.3 Å². The number of halogens is 3. The Balaban J connectivity index is 0.00000385. The second-order valence-corrected chi connectivity index (χ2v) is 7.43. The summed E-state index contributed by atoms with van der Waals surface area (Å²) in [5, 5.41) is 3.13. The van der Waals surface area contributed by atoms with Crippen molar-refractivity contribution < 1.29 is 23.0 Å². The van der Waals surface area contributed by atoms with Crippen LogP contribution in [0, 0.1) is 11.6 Å². The van der Waals surface area contributed by atoms with E-state index < -0.39 is 11.6 Å². The van der Waals surface area contributed by atoms with E-state index in [4.69, 9.17) is 14.2 Å². The van der Waals surface area contributed by atoms with Crippen LogP contribution in [0.1, 0.15) is 11.1 Å². The van der Waals surface area contributed by atoms with Crippen LogP contribution in [0.3, 0.4) is 0 Å². The summed E-state index contributed by atoms with van der Waals surface area (Å²) >= 11 is 0. The number of hydrogen-bond acceptors (Lipinski definition) is 5. The number of hydrogen-bond donors (Lipinski definition) is 1. The Morgan fingerprint density at radius 2 is 1.61 bits per heavy atom. The standard InChI is InChI=1S/C23H30F2N4O3.HI/c1-26-23(27-14-17-13-18(24)5-6-19(17)25)29-9-7-28(8-10-29)15-16-11-20(30-2)22(32-4)21(12-16)31-3;/h5-6,11-13H,7-10,14-15H2,1-4H3,(H,26,27);1H. The van der Waals surface area contributed by atoms with Crippen molar-refractivity contribution in [2.75, 3.05) is 54.6 Å². The third-order valence-electron chi connectivity index (χ3n) is 5.46. The van der Waals surface area contributed by atoms with Gasteiger partial charge in [-0.25, -0.2) is 8.78 Å². The van der Waals surface area contributed by atoms with Crippen LogP contribution in [0.2, 0.25) is 0 Å². The van der Waals surface area contributed by atoms with E-state index in [1.807, 2.05) is 12.1 Å². The number of methoxy groups -OCH3 is 3. The lowest BCUT2D eigenvalue weighted by Gasteiger charge is -2.36. The number of nitrogens with zero attached hydrogens (tertiary/aromatic N) is 3. The number of benzene rings is 2. The van der Waals surface area contributed by atoms with Gasteiger partial charge >= 0.3 is 0 Å². The molecule has 1 N–H and O–H groups in total. The minimum Gasteiger partial charge on any atom is -0.493 e. The molecule has 0 amide bonds. The van der Waals surface area contributed by atoms with Gasteiger partial charge in [-0.1, -0.05) is 0 Å². The summed E-state index contributed by atoms with van der Waals surface area (Å²) in [6, 6.07) is 7.37. The zero-order valence-corrected chi connectivity index (χ0v) is 21.7. The first-order valence-corrected chi connectivity index (χ1v) is 10.4. The highest BCUT2D eigenvalue weighted by Crippen LogP contribution is 2.38. The molecule has 0 unspecified atom stereocenters. The molecule has 0 saturated carbocycles. The second-order valence-electron chi connectivity index (χ2n) is 7.43. The molecule has 3 rings (SSSR count). The molecule has 1 fully saturated rings. The lowest BCUT2D eigenvalue weighted by molar-refractivity contribution is 0.172. The summed E-state index contributed by atoms with van der Waals surface area (Å²) in [6.45, 7) is 4.08. The van der Waals surface area contributed by atoms with Crippen molar-refractivity contribution in [2.45, 2.75) is 13.1 Å². The van der Waals surface area contributed by atoms with Gasteiger partial charge in [0.15, 0.2) is 17.5 Å². The highest BCUT2D eigenvalue weighted by atomic mass is 127. The fourth-order valence-corrected chi connectivity index (χ4v) is 3.79. The fourth-order valence-electron chi connectivity index (χ4n) is 3.79. The van der Waals surface area contributed by atoms with E-state index in [-0.39, 0.29) is 36.1 Å². The van der Waals surface area contributed by atoms with E-state index in [2.05, 4.69) is 20.1 Å². The Hall–Kier alpha value is -2.34. The topological polar surface area (TPSA) is 58.6 Å². The van der Waals surface area contributed by atoms with Gasteiger partial charge in [0.1, 0.15) is 11.6 Å². The summed E-state index contributed by atoms with van der Waals surface area (Å²) < 4.78 is 43.6. The van der Waals surface area contributed by atoms with Crippen molar-refractivity contribution >= 4 is 29.9 Å². The molecule has 0 radical (unpaired) electrons. The van der Waals surface area contributed by atoms with E-state index in [0.717, 1.165) is 50.4 Å². The molecule has 2 aromatic rings. The summed E-state index contributed by atoms with van der Waals surface area (Å²) in [4.78, 5) is 8.75. The highest BCUT2D eigenvalue weighted by molar-refractivity contribution is 14.0. The predicted molar refractivity (Wildman–Crippen MR) is 135 cm³/mol. The summed E-state index contributed by atoms with van der Waals surface area (Å²) in [6.07, 6.45) is 0. The Morgan fingerprint density at radius 3 is 2.15 bits per heavy atom. The van der Waals surface area contributed by atoms with Gasteiger partial charge in [-0.15, -0.1) is 24.0 Å². The maximum absolute atomic E-state index is 13.9. The zero-order valence-electron chi connectivity index (χ0n) is 19.4. The molecule has 1 saturated heterocycles. The monoisotopic (exact) mass is 576 g/mol. The largest absolute Gasteiger partial charge is 0.493 e. The Bertz CT molecular complexity index is 928. The second kappa shape index (κ2) is 12.8. The number of nitrogens with one attached hydrogen (secondary N) is 1. The quantitative estimate of drug-likeness (QED) is 0.310. The van der Waals surface area contributed by atoms with Crippen molar-refractivity contribution in [3.8, 4) is 17.2 Å². The van der Waals surface area contributed by atoms with E-state index >= 15 is 0 Å². The van der Waals surface area contributed by atoms with Gasteiger partial charge in [-0.05, 0) is 35.9 Å². The molecular formula is C23H31F2IN4O3. The average molecular weight is 576 g/mol. The number of rotatable bonds is 7. The Labute approximate surface area is 210 Å². The number of aliphatic imine (C=N–C) groups is 1. The van der Waals surface area contributed by atoms with Crippen LogP contribution >= 0.6 is 24.0 Å². The van der Waals surface area contributed by atoms with Crippen LogP contribution in [0.4, 0.5) is 8.78 Å². The van der Waals surface area contributed by atoms with Crippen molar-refractivity contribution in [1.82, 2.24) is 15.1 Å².